The van der Waals surface area contributed by atoms with Crippen molar-refractivity contribution in [3.8, 4) is 0 Å². The van der Waals surface area contributed by atoms with E-state index < -0.39 is 0 Å². The van der Waals surface area contributed by atoms with Crippen molar-refractivity contribution in [1.82, 2.24) is 5.32 Å². The molecule has 0 saturated heterocycles. The van der Waals surface area contributed by atoms with Crippen LogP contribution in [-0.2, 0) is 23.8 Å². The average molecular weight is 388 g/mol. The number of Topliss-reactive ketones (excluding diaryl/α,β-unsaturated/α-hetero) is 1. The lowest BCUT2D eigenvalue weighted by atomic mass is 9.83. The van der Waals surface area contributed by atoms with Gasteiger partial charge in [-0.2, -0.15) is 0 Å². The van der Waals surface area contributed by atoms with Gasteiger partial charge < -0.3 is 19.5 Å². The lowest BCUT2D eigenvalue weighted by Gasteiger charge is -2.21. The van der Waals surface area contributed by atoms with Crippen LogP contribution >= 0.6 is 0 Å². The number of hydrogen-bond acceptors (Lipinski definition) is 5. The summed E-state index contributed by atoms with van der Waals surface area (Å²) in [6.07, 6.45) is 6.81. The van der Waals surface area contributed by atoms with Crippen molar-refractivity contribution in [3.63, 3.8) is 0 Å². The van der Waals surface area contributed by atoms with Crippen LogP contribution in [0.15, 0.2) is 0 Å². The Hall–Kier alpha value is -0.980. The number of amides is 1. The molecule has 0 aliphatic heterocycles. The third-order valence-electron chi connectivity index (χ3n) is 4.38. The molecule has 0 unspecified atom stereocenters. The summed E-state index contributed by atoms with van der Waals surface area (Å²) < 4.78 is 15.8. The molecule has 1 fully saturated rings. The van der Waals surface area contributed by atoms with E-state index in [0.29, 0.717) is 51.2 Å². The highest BCUT2D eigenvalue weighted by Gasteiger charge is 2.22. The Bertz CT molecular complexity index is 379. The van der Waals surface area contributed by atoms with E-state index in [9.17, 15) is 9.59 Å². The molecule has 1 N–H and O–H groups in total. The van der Waals surface area contributed by atoms with Gasteiger partial charge in [0, 0.05) is 25.3 Å². The zero-order valence-corrected chi connectivity index (χ0v) is 18.1. The van der Waals surface area contributed by atoms with Crippen molar-refractivity contribution in [1.29, 1.82) is 0 Å². The summed E-state index contributed by atoms with van der Waals surface area (Å²) in [4.78, 5) is 22.3. The lowest BCUT2D eigenvalue weighted by Crippen LogP contribution is -2.21. The molecule has 6 heteroatoms. The van der Waals surface area contributed by atoms with Crippen LogP contribution in [0.5, 0.6) is 0 Å². The Balaban J connectivity index is 0.000000533. The predicted octanol–water partition coefficient (Wildman–Crippen LogP) is 3.37. The van der Waals surface area contributed by atoms with Crippen molar-refractivity contribution >= 4 is 11.7 Å². The molecule has 0 heterocycles. The van der Waals surface area contributed by atoms with Gasteiger partial charge in [-0.1, -0.05) is 33.1 Å². The van der Waals surface area contributed by atoms with Gasteiger partial charge >= 0.3 is 0 Å². The second-order valence-electron chi connectivity index (χ2n) is 7.46. The molecule has 1 aliphatic carbocycles. The molecule has 1 amide bonds. The normalized spacial score (nSPS) is 14.8. The van der Waals surface area contributed by atoms with E-state index in [2.05, 4.69) is 5.32 Å². The molecule has 0 atom stereocenters. The summed E-state index contributed by atoms with van der Waals surface area (Å²) in [7, 11) is 1.61. The van der Waals surface area contributed by atoms with Crippen LogP contribution in [0, 0.1) is 11.8 Å². The highest BCUT2D eigenvalue weighted by Crippen LogP contribution is 2.26. The Labute approximate surface area is 165 Å². The maximum absolute atomic E-state index is 11.5. The van der Waals surface area contributed by atoms with Gasteiger partial charge in [0.2, 0.25) is 5.91 Å². The van der Waals surface area contributed by atoms with Crippen molar-refractivity contribution in [2.24, 2.45) is 11.8 Å². The van der Waals surface area contributed by atoms with Crippen LogP contribution < -0.4 is 5.32 Å². The summed E-state index contributed by atoms with van der Waals surface area (Å²) in [5.74, 6) is 1.14. The summed E-state index contributed by atoms with van der Waals surface area (Å²) in [6, 6.07) is 0. The molecule has 160 valence electrons. The van der Waals surface area contributed by atoms with E-state index in [-0.39, 0.29) is 17.9 Å². The van der Waals surface area contributed by atoms with Crippen LogP contribution in [0.3, 0.4) is 0 Å². The van der Waals surface area contributed by atoms with Crippen molar-refractivity contribution in [2.45, 2.75) is 72.3 Å². The number of ether oxygens (including phenoxy) is 3. The first-order chi connectivity index (χ1) is 12.9. The molecule has 0 aromatic rings. The van der Waals surface area contributed by atoms with Gasteiger partial charge in [0.05, 0.1) is 39.1 Å². The van der Waals surface area contributed by atoms with Gasteiger partial charge in [-0.15, -0.1) is 0 Å². The predicted molar refractivity (Wildman–Crippen MR) is 108 cm³/mol. The lowest BCUT2D eigenvalue weighted by molar-refractivity contribution is -0.126. The largest absolute Gasteiger partial charge is 0.379 e. The summed E-state index contributed by atoms with van der Waals surface area (Å²) in [5.41, 5.74) is 0. The molecule has 1 saturated carbocycles. The third kappa shape index (κ3) is 15.7. The fraction of sp³-hybridized carbons (Fsp3) is 0.905. The molecule has 0 bridgehead atoms. The van der Waals surface area contributed by atoms with Gasteiger partial charge in [0.25, 0.3) is 0 Å². The van der Waals surface area contributed by atoms with Gasteiger partial charge in [0.15, 0.2) is 0 Å². The number of rotatable bonds is 12. The standard InChI is InChI=1S/C11H23NO4.C10H18O/c1-10(2)16-9-8-15-7-6-14-5-4-11(13)12-3;1-8(2)10(11)9-6-4-3-5-7-9/h10H,4-9H2,1-3H3,(H,12,13);8-9H,3-7H2,1-2H3. The molecule has 0 aromatic heterocycles. The fourth-order valence-electron chi connectivity index (χ4n) is 2.81. The van der Waals surface area contributed by atoms with Crippen molar-refractivity contribution in [2.75, 3.05) is 40.1 Å². The van der Waals surface area contributed by atoms with Gasteiger partial charge in [-0.3, -0.25) is 9.59 Å². The minimum atomic E-state index is -0.00810. The van der Waals surface area contributed by atoms with E-state index in [4.69, 9.17) is 14.2 Å². The molecular formula is C21H41NO5. The molecule has 6 nitrogen and oxygen atoms in total. The second-order valence-corrected chi connectivity index (χ2v) is 7.46. The smallest absolute Gasteiger partial charge is 0.222 e. The molecule has 1 rings (SSSR count). The maximum atomic E-state index is 11.5. The Morgan fingerprint density at radius 1 is 0.889 bits per heavy atom. The van der Waals surface area contributed by atoms with Crippen molar-refractivity contribution in [3.05, 3.63) is 0 Å². The monoisotopic (exact) mass is 387 g/mol. The van der Waals surface area contributed by atoms with E-state index in [0.717, 1.165) is 12.8 Å². The van der Waals surface area contributed by atoms with Crippen LogP contribution in [-0.4, -0.2) is 57.9 Å². The van der Waals surface area contributed by atoms with E-state index in [1.165, 1.54) is 19.3 Å². The molecule has 0 aromatic carbocycles. The Morgan fingerprint density at radius 2 is 1.44 bits per heavy atom. The van der Waals surface area contributed by atoms with Crippen LogP contribution in [0.25, 0.3) is 0 Å². The third-order valence-corrected chi connectivity index (χ3v) is 4.38. The second kappa shape index (κ2) is 17.1. The maximum Gasteiger partial charge on any atom is 0.222 e. The zero-order valence-electron chi connectivity index (χ0n) is 18.1. The Morgan fingerprint density at radius 3 is 1.96 bits per heavy atom. The first-order valence-corrected chi connectivity index (χ1v) is 10.4. The molecular weight excluding hydrogens is 346 g/mol. The Kier molecular flexibility index (Phi) is 16.5. The first-order valence-electron chi connectivity index (χ1n) is 10.4. The van der Waals surface area contributed by atoms with E-state index in [1.54, 1.807) is 7.05 Å². The summed E-state index contributed by atoms with van der Waals surface area (Å²) in [6.45, 7) is 10.7. The van der Waals surface area contributed by atoms with Gasteiger partial charge in [0.1, 0.15) is 5.78 Å². The number of carbonyl (C=O) groups is 2. The van der Waals surface area contributed by atoms with Crippen LogP contribution in [0.4, 0.5) is 0 Å². The average Bonchev–Trinajstić information content (AvgIpc) is 2.66. The summed E-state index contributed by atoms with van der Waals surface area (Å²) >= 11 is 0. The molecule has 1 aliphatic rings. The minimum Gasteiger partial charge on any atom is -0.379 e. The number of hydrogen-bond donors (Lipinski definition) is 1. The summed E-state index contributed by atoms with van der Waals surface area (Å²) in [5, 5.41) is 2.53. The van der Waals surface area contributed by atoms with E-state index >= 15 is 0 Å². The quantitative estimate of drug-likeness (QED) is 0.520. The molecule has 27 heavy (non-hydrogen) atoms. The number of nitrogens with one attached hydrogen (secondary N) is 1. The van der Waals surface area contributed by atoms with Gasteiger partial charge in [-0.05, 0) is 26.7 Å². The first kappa shape index (κ1) is 26.0. The SMILES string of the molecule is CC(C)C(=O)C1CCCCC1.CNC(=O)CCOCCOCCOC(C)C. The number of ketones is 1. The highest BCUT2D eigenvalue weighted by atomic mass is 16.5. The van der Waals surface area contributed by atoms with Crippen molar-refractivity contribution < 1.29 is 23.8 Å². The molecule has 0 radical (unpaired) electrons. The topological polar surface area (TPSA) is 73.9 Å². The van der Waals surface area contributed by atoms with E-state index in [1.807, 2.05) is 27.7 Å². The molecule has 0 spiro atoms. The van der Waals surface area contributed by atoms with Crippen LogP contribution in [0.1, 0.15) is 66.2 Å². The zero-order chi connectivity index (χ0) is 20.5. The highest BCUT2D eigenvalue weighted by molar-refractivity contribution is 5.82. The van der Waals surface area contributed by atoms with Crippen LogP contribution in [0.2, 0.25) is 0 Å². The fourth-order valence-corrected chi connectivity index (χ4v) is 2.81. The number of carbonyl (C=O) groups excluding carboxylic acids is 2. The minimum absolute atomic E-state index is 0.00810. The van der Waals surface area contributed by atoms with Gasteiger partial charge in [-0.25, -0.2) is 0 Å².